The number of nitrogens with one attached hydrogen (secondary N) is 1. The van der Waals surface area contributed by atoms with E-state index in [1.165, 1.54) is 4.90 Å². The molecule has 0 aromatic heterocycles. The van der Waals surface area contributed by atoms with Gasteiger partial charge >= 0.3 is 0 Å². The van der Waals surface area contributed by atoms with E-state index in [-0.39, 0.29) is 13.1 Å². The first kappa shape index (κ1) is 20.8. The van der Waals surface area contributed by atoms with Crippen molar-refractivity contribution in [3.05, 3.63) is 64.5 Å². The summed E-state index contributed by atoms with van der Waals surface area (Å²) in [7, 11) is 0. The van der Waals surface area contributed by atoms with E-state index in [4.69, 9.17) is 0 Å². The van der Waals surface area contributed by atoms with Gasteiger partial charge in [-0.15, -0.1) is 0 Å². The number of amides is 1. The number of aryl methyl sites for hydroxylation is 1. The summed E-state index contributed by atoms with van der Waals surface area (Å²) >= 11 is 0. The first-order valence-electron chi connectivity index (χ1n) is 8.34. The van der Waals surface area contributed by atoms with Gasteiger partial charge in [0.05, 0.1) is 6.54 Å². The molecule has 0 fully saturated rings. The number of benzene rings is 2. The number of anilines is 1. The van der Waals surface area contributed by atoms with Gasteiger partial charge in [0.1, 0.15) is 0 Å². The maximum absolute atomic E-state index is 13.9. The molecule has 0 aliphatic heterocycles. The Balaban J connectivity index is 2.19. The minimum absolute atomic E-state index is 0.237. The zero-order valence-corrected chi connectivity index (χ0v) is 14.9. The molecule has 2 rings (SSSR count). The fourth-order valence-corrected chi connectivity index (χ4v) is 2.65. The summed E-state index contributed by atoms with van der Waals surface area (Å²) in [6.45, 7) is 2.96. The van der Waals surface area contributed by atoms with E-state index >= 15 is 0 Å². The average molecular weight is 386 g/mol. The number of halogens is 5. The zero-order chi connectivity index (χ0) is 20.1. The highest BCUT2D eigenvalue weighted by Gasteiger charge is 2.27. The van der Waals surface area contributed by atoms with Crippen LogP contribution in [0.2, 0.25) is 0 Å². The lowest BCUT2D eigenvalue weighted by Crippen LogP contribution is -2.34. The Kier molecular flexibility index (Phi) is 6.90. The van der Waals surface area contributed by atoms with Gasteiger partial charge in [0.15, 0.2) is 23.3 Å². The molecule has 2 aromatic rings. The van der Waals surface area contributed by atoms with Crippen molar-refractivity contribution in [1.82, 2.24) is 4.90 Å². The predicted octanol–water partition coefficient (Wildman–Crippen LogP) is 4.54. The maximum Gasteiger partial charge on any atom is 0.238 e. The van der Waals surface area contributed by atoms with Crippen LogP contribution >= 0.6 is 0 Å². The Hall–Kier alpha value is -2.48. The van der Waals surface area contributed by atoms with E-state index in [0.29, 0.717) is 12.1 Å². The lowest BCUT2D eigenvalue weighted by atomic mass is 10.1. The number of carbonyl (C=O) groups excluding carboxylic acids is 1. The second-order valence-electron chi connectivity index (χ2n) is 6.12. The summed E-state index contributed by atoms with van der Waals surface area (Å²) in [4.78, 5) is 13.6. The van der Waals surface area contributed by atoms with Crippen LogP contribution in [0, 0.1) is 36.0 Å². The number of para-hydroxylation sites is 1. The lowest BCUT2D eigenvalue weighted by molar-refractivity contribution is -0.117. The predicted molar refractivity (Wildman–Crippen MR) is 91.6 cm³/mol. The molecule has 0 aliphatic rings. The van der Waals surface area contributed by atoms with E-state index in [0.717, 1.165) is 5.56 Å². The third-order valence-electron chi connectivity index (χ3n) is 4.01. The lowest BCUT2D eigenvalue weighted by Gasteiger charge is -2.22. The second-order valence-corrected chi connectivity index (χ2v) is 6.12. The molecule has 0 spiro atoms. The standard InChI is InChI=1S/C19H19F5N2O/c1-3-8-26(10-14(27)25-13-7-5-4-6-11(13)2)9-12-15(20)17(22)19(24)18(23)16(12)21/h4-7H,3,8-10H2,1-2H3,(H,25,27). The largest absolute Gasteiger partial charge is 0.325 e. The SMILES string of the molecule is CCCN(CC(=O)Nc1ccccc1C)Cc1c(F)c(F)c(F)c(F)c1F. The van der Waals surface area contributed by atoms with Gasteiger partial charge in [0.25, 0.3) is 0 Å². The van der Waals surface area contributed by atoms with Crippen molar-refractivity contribution in [3.8, 4) is 0 Å². The third kappa shape index (κ3) is 4.82. The van der Waals surface area contributed by atoms with Crippen molar-refractivity contribution < 1.29 is 26.7 Å². The molecule has 8 heteroatoms. The highest BCUT2D eigenvalue weighted by molar-refractivity contribution is 5.92. The fourth-order valence-electron chi connectivity index (χ4n) is 2.65. The molecule has 0 heterocycles. The van der Waals surface area contributed by atoms with Gasteiger partial charge in [0.2, 0.25) is 11.7 Å². The van der Waals surface area contributed by atoms with Crippen LogP contribution in [0.4, 0.5) is 27.6 Å². The molecule has 3 nitrogen and oxygen atoms in total. The Morgan fingerprint density at radius 1 is 0.963 bits per heavy atom. The number of carbonyl (C=O) groups is 1. The minimum Gasteiger partial charge on any atom is -0.325 e. The van der Waals surface area contributed by atoms with Crippen LogP contribution in [0.25, 0.3) is 0 Å². The highest BCUT2D eigenvalue weighted by Crippen LogP contribution is 2.24. The molecule has 0 saturated carbocycles. The van der Waals surface area contributed by atoms with E-state index in [9.17, 15) is 26.7 Å². The highest BCUT2D eigenvalue weighted by atomic mass is 19.2. The first-order valence-corrected chi connectivity index (χ1v) is 8.34. The van der Waals surface area contributed by atoms with Crippen molar-refractivity contribution in [2.75, 3.05) is 18.4 Å². The van der Waals surface area contributed by atoms with Gasteiger partial charge < -0.3 is 5.32 Å². The van der Waals surface area contributed by atoms with Gasteiger partial charge in [0, 0.05) is 17.8 Å². The Morgan fingerprint density at radius 3 is 2.07 bits per heavy atom. The molecule has 0 radical (unpaired) electrons. The monoisotopic (exact) mass is 386 g/mol. The Bertz CT molecular complexity index is 812. The topological polar surface area (TPSA) is 32.3 Å². The molecule has 1 amide bonds. The Morgan fingerprint density at radius 2 is 1.52 bits per heavy atom. The van der Waals surface area contributed by atoms with E-state index in [2.05, 4.69) is 5.32 Å². The zero-order valence-electron chi connectivity index (χ0n) is 14.9. The maximum atomic E-state index is 13.9. The summed E-state index contributed by atoms with van der Waals surface area (Å²) < 4.78 is 67.7. The molecule has 0 bridgehead atoms. The molecule has 0 unspecified atom stereocenters. The van der Waals surface area contributed by atoms with Crippen molar-refractivity contribution in [2.24, 2.45) is 0 Å². The average Bonchev–Trinajstić information content (AvgIpc) is 2.64. The number of hydrogen-bond donors (Lipinski definition) is 1. The summed E-state index contributed by atoms with van der Waals surface area (Å²) in [6, 6.07) is 7.04. The summed E-state index contributed by atoms with van der Waals surface area (Å²) in [6.07, 6.45) is 0.521. The van der Waals surface area contributed by atoms with E-state index in [1.807, 2.05) is 0 Å². The van der Waals surface area contributed by atoms with Crippen molar-refractivity contribution in [2.45, 2.75) is 26.8 Å². The summed E-state index contributed by atoms with van der Waals surface area (Å²) in [5.41, 5.74) is 0.450. The van der Waals surface area contributed by atoms with E-state index in [1.54, 1.807) is 38.1 Å². The fraction of sp³-hybridized carbons (Fsp3) is 0.316. The van der Waals surface area contributed by atoms with Gasteiger partial charge in [-0.3, -0.25) is 9.69 Å². The minimum atomic E-state index is -2.20. The van der Waals surface area contributed by atoms with Crippen molar-refractivity contribution in [1.29, 1.82) is 0 Å². The van der Waals surface area contributed by atoms with Gasteiger partial charge in [-0.25, -0.2) is 22.0 Å². The van der Waals surface area contributed by atoms with Gasteiger partial charge in [-0.2, -0.15) is 0 Å². The normalized spacial score (nSPS) is 11.1. The number of nitrogens with zero attached hydrogens (tertiary/aromatic N) is 1. The molecule has 27 heavy (non-hydrogen) atoms. The molecule has 0 aliphatic carbocycles. The van der Waals surface area contributed by atoms with Crippen LogP contribution in [-0.4, -0.2) is 23.9 Å². The quantitative estimate of drug-likeness (QED) is 0.430. The van der Waals surface area contributed by atoms with Gasteiger partial charge in [-0.05, 0) is 31.5 Å². The molecule has 0 atom stereocenters. The number of hydrogen-bond acceptors (Lipinski definition) is 2. The van der Waals surface area contributed by atoms with Crippen molar-refractivity contribution in [3.63, 3.8) is 0 Å². The van der Waals surface area contributed by atoms with E-state index < -0.39 is 47.1 Å². The first-order chi connectivity index (χ1) is 12.8. The molecular formula is C19H19F5N2O. The third-order valence-corrected chi connectivity index (χ3v) is 4.01. The number of rotatable bonds is 7. The van der Waals surface area contributed by atoms with Gasteiger partial charge in [-0.1, -0.05) is 25.1 Å². The van der Waals surface area contributed by atoms with Crippen LogP contribution in [0.15, 0.2) is 24.3 Å². The summed E-state index contributed by atoms with van der Waals surface area (Å²) in [5.74, 6) is -10.4. The Labute approximate surface area is 153 Å². The molecule has 1 N–H and O–H groups in total. The molecule has 2 aromatic carbocycles. The second kappa shape index (κ2) is 8.94. The summed E-state index contributed by atoms with van der Waals surface area (Å²) in [5, 5.41) is 2.67. The van der Waals surface area contributed by atoms with Crippen LogP contribution in [0.3, 0.4) is 0 Å². The van der Waals surface area contributed by atoms with Crippen molar-refractivity contribution >= 4 is 11.6 Å². The van der Waals surface area contributed by atoms with Crippen LogP contribution in [0.1, 0.15) is 24.5 Å². The van der Waals surface area contributed by atoms with Crippen LogP contribution < -0.4 is 5.32 Å². The smallest absolute Gasteiger partial charge is 0.238 e. The van der Waals surface area contributed by atoms with Crippen LogP contribution in [-0.2, 0) is 11.3 Å². The molecular weight excluding hydrogens is 367 g/mol. The molecule has 0 saturated heterocycles. The van der Waals surface area contributed by atoms with Crippen LogP contribution in [0.5, 0.6) is 0 Å². The molecule has 146 valence electrons.